The molecule has 3 heterocycles. The number of hydrogen-bond donors (Lipinski definition) is 0. The van der Waals surface area contributed by atoms with Crippen molar-refractivity contribution in [3.8, 4) is 51.2 Å². The van der Waals surface area contributed by atoms with E-state index >= 15 is 0 Å². The van der Waals surface area contributed by atoms with Crippen molar-refractivity contribution in [1.29, 1.82) is 5.26 Å². The largest absolute Gasteiger partial charge is 2.00 e. The van der Waals surface area contributed by atoms with Crippen molar-refractivity contribution in [1.82, 2.24) is 9.97 Å². The Labute approximate surface area is 339 Å². The molecule has 1 aliphatic carbocycles. The molecule has 5 nitrogen and oxygen atoms in total. The van der Waals surface area contributed by atoms with Gasteiger partial charge < -0.3 is 19.1 Å². The van der Waals surface area contributed by atoms with Gasteiger partial charge in [0.15, 0.2) is 0 Å². The number of nitriles is 1. The fourth-order valence-corrected chi connectivity index (χ4v) is 7.92. The van der Waals surface area contributed by atoms with Crippen molar-refractivity contribution in [2.75, 3.05) is 0 Å². The number of furan rings is 1. The Morgan fingerprint density at radius 1 is 0.745 bits per heavy atom. The van der Waals surface area contributed by atoms with Gasteiger partial charge in [-0.3, -0.25) is 0 Å². The molecule has 0 spiro atoms. The maximum Gasteiger partial charge on any atom is 2.00 e. The van der Waals surface area contributed by atoms with E-state index in [9.17, 15) is 5.26 Å². The molecule has 3 aromatic heterocycles. The predicted molar refractivity (Wildman–Crippen MR) is 218 cm³/mol. The third-order valence-corrected chi connectivity index (χ3v) is 11.7. The topological polar surface area (TPSA) is 71.9 Å². The molecule has 0 amide bonds. The van der Waals surface area contributed by atoms with Crippen LogP contribution in [0.4, 0.5) is 0 Å². The number of hydrogen-bond acceptors (Lipinski definition) is 5. The van der Waals surface area contributed by atoms with Gasteiger partial charge in [-0.2, -0.15) is 5.26 Å². The van der Waals surface area contributed by atoms with Gasteiger partial charge in [0.2, 0.25) is 0 Å². The molecular weight excluding hydrogens is 858 g/mol. The number of fused-ring (bicyclic) bond motifs is 7. The van der Waals surface area contributed by atoms with Crippen LogP contribution >= 0.6 is 0 Å². The van der Waals surface area contributed by atoms with E-state index in [2.05, 4.69) is 135 Å². The summed E-state index contributed by atoms with van der Waals surface area (Å²) in [6, 6.07) is 36.2. The van der Waals surface area contributed by atoms with Crippen molar-refractivity contribution >= 4 is 21.9 Å². The quantitative estimate of drug-likeness (QED) is 0.165. The summed E-state index contributed by atoms with van der Waals surface area (Å²) < 4.78 is 13.4. The second-order valence-electron chi connectivity index (χ2n) is 17.7. The fraction of sp³-hybridized carbons (Fsp3) is 0.286. The minimum atomic E-state index is -0.410. The molecule has 0 saturated carbocycles. The van der Waals surface area contributed by atoms with Crippen LogP contribution in [0.25, 0.3) is 55.6 Å². The molecular formula is C49H45N3O2Pt. The summed E-state index contributed by atoms with van der Waals surface area (Å²) >= 11 is 0. The first kappa shape index (κ1) is 38.2. The maximum absolute atomic E-state index is 9.79. The van der Waals surface area contributed by atoms with Crippen molar-refractivity contribution in [3.63, 3.8) is 0 Å². The van der Waals surface area contributed by atoms with E-state index in [-0.39, 0.29) is 37.3 Å². The van der Waals surface area contributed by atoms with Gasteiger partial charge in [-0.15, -0.1) is 34.9 Å². The summed E-state index contributed by atoms with van der Waals surface area (Å²) in [5.41, 5.74) is 11.5. The van der Waals surface area contributed by atoms with E-state index in [1.54, 1.807) is 6.07 Å². The van der Waals surface area contributed by atoms with Crippen LogP contribution in [-0.2, 0) is 42.7 Å². The summed E-state index contributed by atoms with van der Waals surface area (Å²) in [6.07, 6.45) is 3.76. The zero-order chi connectivity index (χ0) is 38.4. The number of benzene rings is 4. The van der Waals surface area contributed by atoms with Gasteiger partial charge in [-0.1, -0.05) is 123 Å². The maximum atomic E-state index is 9.79. The number of rotatable bonds is 4. The molecule has 0 saturated heterocycles. The molecule has 55 heavy (non-hydrogen) atoms. The first-order valence-corrected chi connectivity index (χ1v) is 18.6. The van der Waals surface area contributed by atoms with Crippen LogP contribution < -0.4 is 4.74 Å². The minimum Gasteiger partial charge on any atom is -0.497 e. The van der Waals surface area contributed by atoms with Gasteiger partial charge in [-0.25, -0.2) is 0 Å². The van der Waals surface area contributed by atoms with Gasteiger partial charge in [0.05, 0.1) is 23.0 Å². The van der Waals surface area contributed by atoms with Gasteiger partial charge in [0, 0.05) is 23.5 Å². The summed E-state index contributed by atoms with van der Waals surface area (Å²) in [4.78, 5) is 9.80. The second kappa shape index (κ2) is 13.3. The molecule has 0 bridgehead atoms. The van der Waals surface area contributed by atoms with E-state index < -0.39 is 5.41 Å². The standard InChI is InChI=1S/C49H45N3O2.Pt/c1-46(2,3)32-17-15-30(16-18-32)35-21-23-52-44-37-27-40(53-34-13-11-12-31(25-34)38-26-33(20-22-51-38)47(4,5)6)45-41(36-19-14-29(28-50)24-39(36)54-45)42(37)48(7,8)49(9,10)43(35)44;/h11-24,26H,1-10H3;/q-2;+2. The first-order valence-electron chi connectivity index (χ1n) is 18.6. The van der Waals surface area contributed by atoms with E-state index in [1.165, 1.54) is 16.7 Å². The average Bonchev–Trinajstić information content (AvgIpc) is 3.52. The van der Waals surface area contributed by atoms with E-state index in [1.807, 2.05) is 42.7 Å². The van der Waals surface area contributed by atoms with Crippen molar-refractivity contribution in [2.45, 2.75) is 90.9 Å². The molecule has 8 rings (SSSR count). The third-order valence-electron chi connectivity index (χ3n) is 11.7. The number of aromatic nitrogens is 2. The van der Waals surface area contributed by atoms with Gasteiger partial charge in [0.1, 0.15) is 5.58 Å². The van der Waals surface area contributed by atoms with Crippen LogP contribution in [0.2, 0.25) is 0 Å². The zero-order valence-electron chi connectivity index (χ0n) is 33.1. The molecule has 0 aliphatic heterocycles. The van der Waals surface area contributed by atoms with Crippen LogP contribution in [0, 0.1) is 23.5 Å². The molecule has 278 valence electrons. The predicted octanol–water partition coefficient (Wildman–Crippen LogP) is 12.8. The Bertz CT molecular complexity index is 2660. The normalized spacial score (nSPS) is 14.5. The van der Waals surface area contributed by atoms with Crippen LogP contribution in [0.5, 0.6) is 11.5 Å². The Morgan fingerprint density at radius 3 is 2.13 bits per heavy atom. The van der Waals surface area contributed by atoms with Gasteiger partial charge in [0.25, 0.3) is 0 Å². The molecule has 4 aromatic carbocycles. The molecule has 0 N–H and O–H groups in total. The SMILES string of the molecule is CC(C)(C)c1ccc(-c2ccnc3c2C(C)(C)C(C)(C)c2c-3[c-]c(Oc3[c-]c(-c4cc(C(C)(C)C)ccn4)ccc3)c3oc4cc(C#N)ccc4c23)cc1.[Pt+2]. The summed E-state index contributed by atoms with van der Waals surface area (Å²) in [6.45, 7) is 22.6. The van der Waals surface area contributed by atoms with Gasteiger partial charge >= 0.3 is 21.1 Å². The Balaban J connectivity index is 0.00000465. The molecule has 1 aliphatic rings. The van der Waals surface area contributed by atoms with E-state index in [4.69, 9.17) is 14.1 Å². The Hall–Kier alpha value is -5.04. The molecule has 0 unspecified atom stereocenters. The number of nitrogens with zero attached hydrogens (tertiary/aromatic N) is 3. The number of pyridine rings is 2. The zero-order valence-corrected chi connectivity index (χ0v) is 35.4. The Kier molecular flexibility index (Phi) is 9.26. The monoisotopic (exact) mass is 902 g/mol. The summed E-state index contributed by atoms with van der Waals surface area (Å²) in [5.74, 6) is 0.953. The molecule has 7 aromatic rings. The molecule has 0 fully saturated rings. The van der Waals surface area contributed by atoms with Gasteiger partial charge in [-0.05, 0) is 85.0 Å². The Morgan fingerprint density at radius 2 is 1.44 bits per heavy atom. The van der Waals surface area contributed by atoms with Crippen LogP contribution in [0.1, 0.15) is 97.1 Å². The number of ether oxygens (including phenoxy) is 1. The fourth-order valence-electron chi connectivity index (χ4n) is 7.92. The van der Waals surface area contributed by atoms with E-state index in [0.717, 1.165) is 50.0 Å². The van der Waals surface area contributed by atoms with Crippen LogP contribution in [0.15, 0.2) is 95.7 Å². The second-order valence-corrected chi connectivity index (χ2v) is 17.7. The smallest absolute Gasteiger partial charge is 0.497 e. The summed E-state index contributed by atoms with van der Waals surface area (Å²) in [7, 11) is 0. The van der Waals surface area contributed by atoms with Crippen LogP contribution in [0.3, 0.4) is 0 Å². The summed E-state index contributed by atoms with van der Waals surface area (Å²) in [5, 5.41) is 11.7. The first-order chi connectivity index (χ1) is 25.5. The van der Waals surface area contributed by atoms with E-state index in [0.29, 0.717) is 28.2 Å². The van der Waals surface area contributed by atoms with Crippen molar-refractivity contribution in [3.05, 3.63) is 131 Å². The van der Waals surface area contributed by atoms with Crippen molar-refractivity contribution < 1.29 is 30.2 Å². The molecule has 6 heteroatoms. The minimum absolute atomic E-state index is 0. The molecule has 0 radical (unpaired) electrons. The van der Waals surface area contributed by atoms with Crippen molar-refractivity contribution in [2.24, 2.45) is 0 Å². The average molecular weight is 903 g/mol. The third kappa shape index (κ3) is 6.29. The van der Waals surface area contributed by atoms with Crippen LogP contribution in [-0.4, -0.2) is 9.97 Å². The molecule has 0 atom stereocenters.